The number of likely N-dealkylation sites (tertiary alicyclic amines) is 1. The number of aliphatic hydroxyl groups is 1. The summed E-state index contributed by atoms with van der Waals surface area (Å²) < 4.78 is 25.7. The number of ether oxygens (including phenoxy) is 2. The number of amides is 1. The van der Waals surface area contributed by atoms with Gasteiger partial charge in [-0.2, -0.15) is 0 Å². The van der Waals surface area contributed by atoms with Gasteiger partial charge >= 0.3 is 6.09 Å². The first kappa shape index (κ1) is 23.9. The second kappa shape index (κ2) is 10.1. The van der Waals surface area contributed by atoms with E-state index in [1.165, 1.54) is 6.07 Å². The number of piperidine rings is 1. The average molecular weight is 430 g/mol. The van der Waals surface area contributed by atoms with Crippen LogP contribution in [0, 0.1) is 5.82 Å². The summed E-state index contributed by atoms with van der Waals surface area (Å²) in [5.41, 5.74) is -2.10. The van der Waals surface area contributed by atoms with Crippen molar-refractivity contribution < 1.29 is 23.8 Å². The quantitative estimate of drug-likeness (QED) is 0.599. The molecule has 1 heterocycles. The molecule has 0 saturated carbocycles. The van der Waals surface area contributed by atoms with Crippen LogP contribution in [0.5, 0.6) is 0 Å². The molecule has 1 N–H and O–H groups in total. The maximum Gasteiger partial charge on any atom is 0.410 e. The molecule has 2 rings (SSSR count). The smallest absolute Gasteiger partial charge is 0.410 e. The van der Waals surface area contributed by atoms with Crippen LogP contribution in [0.15, 0.2) is 18.2 Å². The fourth-order valence-corrected chi connectivity index (χ4v) is 4.10. The van der Waals surface area contributed by atoms with Crippen LogP contribution in [0.2, 0.25) is 5.02 Å². The zero-order valence-electron chi connectivity index (χ0n) is 17.8. The molecule has 0 spiro atoms. The molecule has 1 amide bonds. The number of rotatable bonds is 7. The van der Waals surface area contributed by atoms with Crippen LogP contribution in [0.25, 0.3) is 0 Å². The van der Waals surface area contributed by atoms with Gasteiger partial charge in [0.2, 0.25) is 0 Å². The van der Waals surface area contributed by atoms with Gasteiger partial charge in [0.25, 0.3) is 0 Å². The topological polar surface area (TPSA) is 59.0 Å². The maximum atomic E-state index is 15.0. The third-order valence-electron chi connectivity index (χ3n) is 5.26. The molecule has 0 aliphatic carbocycles. The first-order valence-electron chi connectivity index (χ1n) is 10.3. The van der Waals surface area contributed by atoms with Crippen LogP contribution in [-0.4, -0.2) is 48.0 Å². The SMILES string of the molecule is COCCCC[C@](O)(c1cccc(Cl)c1F)[C@H]1CCCCN1C(=O)OC(C)(C)C. The van der Waals surface area contributed by atoms with Gasteiger partial charge in [0, 0.05) is 25.8 Å². The molecular weight excluding hydrogens is 397 g/mol. The minimum absolute atomic E-state index is 0.0440. The van der Waals surface area contributed by atoms with Gasteiger partial charge in [-0.05, 0) is 65.4 Å². The van der Waals surface area contributed by atoms with E-state index in [9.17, 15) is 14.3 Å². The van der Waals surface area contributed by atoms with E-state index in [0.717, 1.165) is 19.3 Å². The number of carbonyl (C=O) groups excluding carboxylic acids is 1. The first-order valence-corrected chi connectivity index (χ1v) is 10.6. The van der Waals surface area contributed by atoms with Gasteiger partial charge in [-0.15, -0.1) is 0 Å². The minimum Gasteiger partial charge on any atom is -0.444 e. The van der Waals surface area contributed by atoms with Gasteiger partial charge in [-0.25, -0.2) is 9.18 Å². The fraction of sp³-hybridized carbons (Fsp3) is 0.682. The summed E-state index contributed by atoms with van der Waals surface area (Å²) in [5, 5.41) is 11.8. The lowest BCUT2D eigenvalue weighted by molar-refractivity contribution is -0.0810. The van der Waals surface area contributed by atoms with E-state index in [0.29, 0.717) is 26.0 Å². The Balaban J connectivity index is 2.41. The first-order chi connectivity index (χ1) is 13.6. The second-order valence-corrected chi connectivity index (χ2v) is 9.07. The van der Waals surface area contributed by atoms with Gasteiger partial charge in [0.05, 0.1) is 11.1 Å². The van der Waals surface area contributed by atoms with Crippen LogP contribution in [-0.2, 0) is 15.1 Å². The molecule has 1 fully saturated rings. The normalized spacial score (nSPS) is 19.7. The Morgan fingerprint density at radius 2 is 2.03 bits per heavy atom. The summed E-state index contributed by atoms with van der Waals surface area (Å²) >= 11 is 6.02. The molecular formula is C22H33ClFNO4. The van der Waals surface area contributed by atoms with Crippen LogP contribution >= 0.6 is 11.6 Å². The van der Waals surface area contributed by atoms with Gasteiger partial charge in [-0.1, -0.05) is 23.7 Å². The Hall–Kier alpha value is -1.37. The highest BCUT2D eigenvalue weighted by atomic mass is 35.5. The van der Waals surface area contributed by atoms with Crippen molar-refractivity contribution in [3.8, 4) is 0 Å². The minimum atomic E-state index is -1.57. The molecule has 0 bridgehead atoms. The standard InChI is InChI=1S/C22H33ClFNO4/c1-21(2,3)29-20(26)25-14-7-5-12-18(25)22(27,13-6-8-15-28-4)16-10-9-11-17(23)19(16)24/h9-11,18,27H,5-8,12-15H2,1-4H3/t18-,22+/m1/s1. The van der Waals surface area contributed by atoms with Gasteiger partial charge in [0.1, 0.15) is 17.0 Å². The molecule has 1 saturated heterocycles. The number of hydrogen-bond acceptors (Lipinski definition) is 4. The van der Waals surface area contributed by atoms with E-state index < -0.39 is 29.2 Å². The Morgan fingerprint density at radius 3 is 2.69 bits per heavy atom. The lowest BCUT2D eigenvalue weighted by Crippen LogP contribution is -2.56. The van der Waals surface area contributed by atoms with Crippen molar-refractivity contribution in [1.29, 1.82) is 0 Å². The Morgan fingerprint density at radius 1 is 1.31 bits per heavy atom. The number of carbonyl (C=O) groups is 1. The van der Waals surface area contributed by atoms with E-state index >= 15 is 0 Å². The molecule has 29 heavy (non-hydrogen) atoms. The van der Waals surface area contributed by atoms with E-state index in [1.54, 1.807) is 44.9 Å². The Bertz CT molecular complexity index is 694. The van der Waals surface area contributed by atoms with Crippen molar-refractivity contribution >= 4 is 17.7 Å². The van der Waals surface area contributed by atoms with Crippen molar-refractivity contribution in [3.05, 3.63) is 34.6 Å². The van der Waals surface area contributed by atoms with E-state index in [-0.39, 0.29) is 17.0 Å². The number of benzene rings is 1. The second-order valence-electron chi connectivity index (χ2n) is 8.66. The molecule has 0 aromatic heterocycles. The number of halogens is 2. The predicted molar refractivity (Wildman–Crippen MR) is 112 cm³/mol. The van der Waals surface area contributed by atoms with E-state index in [2.05, 4.69) is 0 Å². The highest BCUT2D eigenvalue weighted by Gasteiger charge is 2.46. The zero-order valence-corrected chi connectivity index (χ0v) is 18.6. The number of methoxy groups -OCH3 is 1. The van der Waals surface area contributed by atoms with Crippen molar-refractivity contribution in [3.63, 3.8) is 0 Å². The summed E-state index contributed by atoms with van der Waals surface area (Å²) in [6.45, 7) is 6.42. The van der Waals surface area contributed by atoms with Crippen LogP contribution in [0.3, 0.4) is 0 Å². The molecule has 1 aliphatic rings. The van der Waals surface area contributed by atoms with E-state index in [1.807, 2.05) is 0 Å². The Kier molecular flexibility index (Phi) is 8.32. The lowest BCUT2D eigenvalue weighted by Gasteiger charge is -2.46. The molecule has 1 aromatic rings. The molecule has 5 nitrogen and oxygen atoms in total. The van der Waals surface area contributed by atoms with Crippen LogP contribution < -0.4 is 0 Å². The number of hydrogen-bond donors (Lipinski definition) is 1. The monoisotopic (exact) mass is 429 g/mol. The third kappa shape index (κ3) is 6.06. The molecule has 7 heteroatoms. The van der Waals surface area contributed by atoms with Crippen molar-refractivity contribution in [2.75, 3.05) is 20.3 Å². The van der Waals surface area contributed by atoms with Gasteiger partial charge in [0.15, 0.2) is 0 Å². The summed E-state index contributed by atoms with van der Waals surface area (Å²) in [4.78, 5) is 14.4. The molecule has 164 valence electrons. The number of nitrogens with zero attached hydrogens (tertiary/aromatic N) is 1. The Labute approximate surface area is 178 Å². The lowest BCUT2D eigenvalue weighted by atomic mass is 9.77. The van der Waals surface area contributed by atoms with Crippen LogP contribution in [0.4, 0.5) is 9.18 Å². The van der Waals surface area contributed by atoms with Gasteiger partial charge in [-0.3, -0.25) is 0 Å². The van der Waals surface area contributed by atoms with Crippen molar-refractivity contribution in [2.24, 2.45) is 0 Å². The highest BCUT2D eigenvalue weighted by Crippen LogP contribution is 2.41. The highest BCUT2D eigenvalue weighted by molar-refractivity contribution is 6.30. The number of unbranched alkanes of at least 4 members (excludes halogenated alkanes) is 1. The average Bonchev–Trinajstić information content (AvgIpc) is 2.66. The summed E-state index contributed by atoms with van der Waals surface area (Å²) in [6, 6.07) is 4.04. The molecule has 1 aromatic carbocycles. The zero-order chi connectivity index (χ0) is 21.7. The van der Waals surface area contributed by atoms with Crippen LogP contribution in [0.1, 0.15) is 64.9 Å². The molecule has 0 radical (unpaired) electrons. The summed E-state index contributed by atoms with van der Waals surface area (Å²) in [6.07, 6.45) is 3.36. The maximum absolute atomic E-state index is 15.0. The predicted octanol–water partition coefficient (Wildman–Crippen LogP) is 5.27. The molecule has 0 unspecified atom stereocenters. The fourth-order valence-electron chi connectivity index (χ4n) is 3.93. The summed E-state index contributed by atoms with van der Waals surface area (Å²) in [7, 11) is 1.62. The summed E-state index contributed by atoms with van der Waals surface area (Å²) in [5.74, 6) is -0.641. The third-order valence-corrected chi connectivity index (χ3v) is 5.55. The van der Waals surface area contributed by atoms with Gasteiger partial charge < -0.3 is 19.5 Å². The molecule has 2 atom stereocenters. The van der Waals surface area contributed by atoms with E-state index in [4.69, 9.17) is 21.1 Å². The molecule has 1 aliphatic heterocycles. The largest absolute Gasteiger partial charge is 0.444 e. The van der Waals surface area contributed by atoms with Crippen molar-refractivity contribution in [2.45, 2.75) is 76.5 Å². The van der Waals surface area contributed by atoms with Crippen molar-refractivity contribution in [1.82, 2.24) is 4.90 Å².